The van der Waals surface area contributed by atoms with Gasteiger partial charge in [-0.25, -0.2) is 0 Å². The van der Waals surface area contributed by atoms with Gasteiger partial charge in [0.2, 0.25) is 0 Å². The van der Waals surface area contributed by atoms with Gasteiger partial charge in [0.15, 0.2) is 0 Å². The summed E-state index contributed by atoms with van der Waals surface area (Å²) in [5.41, 5.74) is -0.555. The normalized spacial score (nSPS) is 27.9. The summed E-state index contributed by atoms with van der Waals surface area (Å²) in [7, 11) is 0. The van der Waals surface area contributed by atoms with Gasteiger partial charge in [0.05, 0.1) is 60.1 Å². The summed E-state index contributed by atoms with van der Waals surface area (Å²) >= 11 is 0. The van der Waals surface area contributed by atoms with Crippen LogP contribution in [0, 0.1) is 5.41 Å². The van der Waals surface area contributed by atoms with Crippen LogP contribution in [0.25, 0.3) is 6.08 Å². The van der Waals surface area contributed by atoms with Crippen LogP contribution in [0.1, 0.15) is 63.4 Å². The maximum Gasteiger partial charge on any atom is 0.397 e. The number of alkyl halides is 3. The largest absolute Gasteiger partial charge is 0.397 e. The highest BCUT2D eigenvalue weighted by Gasteiger charge is 2.61. The highest BCUT2D eigenvalue weighted by molar-refractivity contribution is 5.46. The third-order valence-electron chi connectivity index (χ3n) is 5.46. The van der Waals surface area contributed by atoms with E-state index in [0.717, 1.165) is 25.0 Å². The van der Waals surface area contributed by atoms with Crippen molar-refractivity contribution in [2.24, 2.45) is 5.41 Å². The van der Waals surface area contributed by atoms with Crippen molar-refractivity contribution in [2.75, 3.05) is 6.61 Å². The fourth-order valence-corrected chi connectivity index (χ4v) is 3.63. The molecule has 3 atom stereocenters. The fraction of sp³-hybridized carbons (Fsp3) is 0.700. The van der Waals surface area contributed by atoms with Gasteiger partial charge in [0.25, 0.3) is 0 Å². The number of nitrogens with zero attached hydrogens (tertiary/aromatic N) is 2. The van der Waals surface area contributed by atoms with Gasteiger partial charge < -0.3 is 15.2 Å². The van der Waals surface area contributed by atoms with E-state index in [2.05, 4.69) is 15.3 Å². The molecule has 1 aromatic rings. The topological polar surface area (TPSA) is 67.3 Å². The quantitative estimate of drug-likeness (QED) is 0.762. The number of hydrogen-bond acceptors (Lipinski definition) is 5. The molecule has 2 fully saturated rings. The Hall–Kier alpha value is -1.51. The van der Waals surface area contributed by atoms with Crippen molar-refractivity contribution in [3.05, 3.63) is 29.9 Å². The van der Waals surface area contributed by atoms with E-state index in [4.69, 9.17) is 4.74 Å². The number of rotatable bonds is 6. The van der Waals surface area contributed by atoms with Crippen molar-refractivity contribution in [3.63, 3.8) is 0 Å². The zero-order valence-corrected chi connectivity index (χ0v) is 16.2. The second-order valence-electron chi connectivity index (χ2n) is 8.02. The van der Waals surface area contributed by atoms with E-state index in [1.807, 2.05) is 13.8 Å². The first kappa shape index (κ1) is 21.2. The minimum atomic E-state index is -4.21. The third kappa shape index (κ3) is 4.90. The molecular weight excluding hydrogens is 371 g/mol. The van der Waals surface area contributed by atoms with Gasteiger partial charge in [-0.2, -0.15) is 13.2 Å². The van der Waals surface area contributed by atoms with Gasteiger partial charge >= 0.3 is 6.18 Å². The number of hydrogen-bond donors (Lipinski definition) is 2. The Morgan fingerprint density at radius 3 is 2.57 bits per heavy atom. The predicted molar refractivity (Wildman–Crippen MR) is 99.4 cm³/mol. The molecule has 156 valence electrons. The van der Waals surface area contributed by atoms with E-state index in [9.17, 15) is 18.3 Å². The van der Waals surface area contributed by atoms with Gasteiger partial charge in [-0.3, -0.25) is 9.97 Å². The summed E-state index contributed by atoms with van der Waals surface area (Å²) < 4.78 is 44.9. The minimum absolute atomic E-state index is 0.0400. The molecule has 1 unspecified atom stereocenters. The van der Waals surface area contributed by atoms with Crippen LogP contribution in [0.4, 0.5) is 13.2 Å². The first-order valence-corrected chi connectivity index (χ1v) is 9.84. The van der Waals surface area contributed by atoms with Crippen LogP contribution < -0.4 is 5.32 Å². The second kappa shape index (κ2) is 8.47. The van der Waals surface area contributed by atoms with Crippen molar-refractivity contribution in [3.8, 4) is 0 Å². The molecule has 1 saturated heterocycles. The third-order valence-corrected chi connectivity index (χ3v) is 5.46. The Labute approximate surface area is 163 Å². The number of halogens is 3. The van der Waals surface area contributed by atoms with Gasteiger partial charge in [0, 0.05) is 0 Å². The van der Waals surface area contributed by atoms with Crippen LogP contribution in [0.2, 0.25) is 0 Å². The maximum atomic E-state index is 13.0. The van der Waals surface area contributed by atoms with Crippen molar-refractivity contribution in [2.45, 2.75) is 76.4 Å². The molecule has 1 saturated carbocycles. The second-order valence-corrected chi connectivity index (χ2v) is 8.02. The van der Waals surface area contributed by atoms with Crippen molar-refractivity contribution in [1.29, 1.82) is 0 Å². The van der Waals surface area contributed by atoms with Crippen LogP contribution in [-0.2, 0) is 4.74 Å². The van der Waals surface area contributed by atoms with Crippen LogP contribution in [-0.4, -0.2) is 46.1 Å². The summed E-state index contributed by atoms with van der Waals surface area (Å²) in [6, 6.07) is -0.272. The van der Waals surface area contributed by atoms with Crippen LogP contribution in [0.15, 0.2) is 18.5 Å². The number of aliphatic hydroxyl groups is 1. The van der Waals surface area contributed by atoms with E-state index >= 15 is 0 Å². The van der Waals surface area contributed by atoms with E-state index in [-0.39, 0.29) is 43.7 Å². The average Bonchev–Trinajstić information content (AvgIpc) is 3.44. The molecule has 2 heterocycles. The van der Waals surface area contributed by atoms with Crippen molar-refractivity contribution < 1.29 is 23.0 Å². The van der Waals surface area contributed by atoms with Crippen LogP contribution >= 0.6 is 0 Å². The lowest BCUT2D eigenvalue weighted by molar-refractivity contribution is -0.171. The van der Waals surface area contributed by atoms with Crippen LogP contribution in [0.3, 0.4) is 0 Å². The number of ether oxygens (including phenoxy) is 1. The van der Waals surface area contributed by atoms with Gasteiger partial charge in [-0.1, -0.05) is 6.08 Å². The molecule has 1 aromatic heterocycles. The highest BCUT2D eigenvalue weighted by Crippen LogP contribution is 2.58. The van der Waals surface area contributed by atoms with Crippen molar-refractivity contribution >= 4 is 6.08 Å². The molecule has 3 rings (SSSR count). The molecule has 2 aliphatic rings. The Morgan fingerprint density at radius 1 is 1.29 bits per heavy atom. The lowest BCUT2D eigenvalue weighted by Gasteiger charge is -2.28. The molecule has 0 bridgehead atoms. The van der Waals surface area contributed by atoms with Crippen molar-refractivity contribution in [1.82, 2.24) is 15.3 Å². The number of allylic oxidation sites excluding steroid dienone is 1. The molecule has 2 N–H and O–H groups in total. The molecule has 1 aliphatic heterocycles. The molecule has 0 amide bonds. The van der Waals surface area contributed by atoms with E-state index in [1.54, 1.807) is 6.20 Å². The first-order valence-electron chi connectivity index (χ1n) is 9.84. The average molecular weight is 399 g/mol. The SMILES string of the molecule is CC(C)O[C@@H]1CCCC(c2cnc(C=CC3(C(F)(F)F)CC3)cn2)N[C@H]1CO. The van der Waals surface area contributed by atoms with Gasteiger partial charge in [0.1, 0.15) is 0 Å². The summed E-state index contributed by atoms with van der Waals surface area (Å²) in [6.45, 7) is 3.90. The van der Waals surface area contributed by atoms with Gasteiger partial charge in [-0.15, -0.1) is 0 Å². The highest BCUT2D eigenvalue weighted by atomic mass is 19.4. The van der Waals surface area contributed by atoms with E-state index in [0.29, 0.717) is 5.69 Å². The number of aliphatic hydroxyl groups excluding tert-OH is 1. The van der Waals surface area contributed by atoms with Gasteiger partial charge in [-0.05, 0) is 52.0 Å². The molecule has 5 nitrogen and oxygen atoms in total. The zero-order valence-electron chi connectivity index (χ0n) is 16.2. The standard InChI is InChI=1S/C20H28F3N3O2/c1-13(2)28-18-5-3-4-15(26-17(18)12-27)16-11-24-14(10-25-16)6-7-19(8-9-19)20(21,22)23/h6-7,10-11,13,15,17-18,26-27H,3-5,8-9,12H2,1-2H3/t15?,17-,18+/m0/s1. The minimum Gasteiger partial charge on any atom is -0.395 e. The molecule has 28 heavy (non-hydrogen) atoms. The molecule has 0 aromatic carbocycles. The Balaban J connectivity index is 1.66. The predicted octanol–water partition coefficient (Wildman–Crippen LogP) is 3.80. The molecule has 8 heteroatoms. The summed E-state index contributed by atoms with van der Waals surface area (Å²) in [6.07, 6.45) is 4.37. The number of aromatic nitrogens is 2. The number of nitrogens with one attached hydrogen (secondary N) is 1. The molecule has 0 spiro atoms. The fourth-order valence-electron chi connectivity index (χ4n) is 3.63. The van der Waals surface area contributed by atoms with E-state index in [1.165, 1.54) is 18.3 Å². The molecule has 1 aliphatic carbocycles. The zero-order chi connectivity index (χ0) is 20.4. The molecule has 0 radical (unpaired) electrons. The smallest absolute Gasteiger partial charge is 0.395 e. The summed E-state index contributed by atoms with van der Waals surface area (Å²) in [5, 5.41) is 13.1. The Morgan fingerprint density at radius 2 is 2.04 bits per heavy atom. The lowest BCUT2D eigenvalue weighted by atomic mass is 10.1. The summed E-state index contributed by atoms with van der Waals surface area (Å²) in [4.78, 5) is 8.67. The first-order chi connectivity index (χ1) is 13.2. The molecular formula is C20H28F3N3O2. The Bertz CT molecular complexity index is 672. The maximum absolute atomic E-state index is 13.0. The monoisotopic (exact) mass is 399 g/mol. The van der Waals surface area contributed by atoms with E-state index < -0.39 is 11.6 Å². The lowest BCUT2D eigenvalue weighted by Crippen LogP contribution is -2.45. The summed E-state index contributed by atoms with van der Waals surface area (Å²) in [5.74, 6) is 0. The Kier molecular flexibility index (Phi) is 6.41. The van der Waals surface area contributed by atoms with Crippen LogP contribution in [0.5, 0.6) is 0 Å².